The maximum atomic E-state index is 12.5. The minimum Gasteiger partial charge on any atom is -0.384 e. The van der Waals surface area contributed by atoms with Gasteiger partial charge in [0.25, 0.3) is 0 Å². The molecule has 0 bridgehead atoms. The summed E-state index contributed by atoms with van der Waals surface area (Å²) in [5.74, 6) is 1.07. The second-order valence-electron chi connectivity index (χ2n) is 6.80. The van der Waals surface area contributed by atoms with Gasteiger partial charge in [-0.3, -0.25) is 4.79 Å². The average Bonchev–Trinajstić information content (AvgIpc) is 3.04. The summed E-state index contributed by atoms with van der Waals surface area (Å²) in [4.78, 5) is 14.6. The Hall–Kier alpha value is -0.870. The smallest absolute Gasteiger partial charge is 0.226 e. The molecule has 1 spiro atoms. The minimum absolute atomic E-state index is 0.212. The third-order valence-electron chi connectivity index (χ3n) is 5.73. The zero-order valence-corrected chi connectivity index (χ0v) is 13.1. The van der Waals surface area contributed by atoms with Crippen LogP contribution in [0.1, 0.15) is 32.1 Å². The van der Waals surface area contributed by atoms with Crippen molar-refractivity contribution in [2.45, 2.75) is 32.1 Å². The third-order valence-corrected chi connectivity index (χ3v) is 5.73. The molecule has 4 heteroatoms. The van der Waals surface area contributed by atoms with E-state index in [1.54, 1.807) is 7.11 Å². The molecule has 1 amide bonds. The molecule has 2 heterocycles. The van der Waals surface area contributed by atoms with Crippen LogP contribution in [0.15, 0.2) is 12.2 Å². The van der Waals surface area contributed by atoms with E-state index in [0.29, 0.717) is 17.2 Å². The third kappa shape index (κ3) is 3.02. The highest BCUT2D eigenvalue weighted by Gasteiger charge is 2.44. The van der Waals surface area contributed by atoms with E-state index < -0.39 is 0 Å². The summed E-state index contributed by atoms with van der Waals surface area (Å²) < 4.78 is 11.0. The van der Waals surface area contributed by atoms with Gasteiger partial charge < -0.3 is 14.4 Å². The first kappa shape index (κ1) is 15.0. The molecule has 2 fully saturated rings. The number of carbonyl (C=O) groups is 1. The van der Waals surface area contributed by atoms with Crippen molar-refractivity contribution in [3.8, 4) is 0 Å². The van der Waals surface area contributed by atoms with Crippen molar-refractivity contribution in [2.24, 2.45) is 17.3 Å². The quantitative estimate of drug-likeness (QED) is 0.749. The lowest BCUT2D eigenvalue weighted by Crippen LogP contribution is -2.51. The largest absolute Gasteiger partial charge is 0.384 e. The van der Waals surface area contributed by atoms with Crippen LogP contribution in [0.25, 0.3) is 0 Å². The van der Waals surface area contributed by atoms with Crippen LogP contribution in [0.2, 0.25) is 0 Å². The number of hydrogen-bond donors (Lipinski definition) is 0. The highest BCUT2D eigenvalue weighted by atomic mass is 16.5. The van der Waals surface area contributed by atoms with Crippen molar-refractivity contribution >= 4 is 5.91 Å². The number of piperidine rings is 1. The van der Waals surface area contributed by atoms with E-state index >= 15 is 0 Å². The van der Waals surface area contributed by atoms with Gasteiger partial charge in [-0.2, -0.15) is 0 Å². The molecule has 118 valence electrons. The molecule has 0 saturated carbocycles. The molecule has 3 aliphatic rings. The Morgan fingerprint density at radius 1 is 1.29 bits per heavy atom. The topological polar surface area (TPSA) is 38.8 Å². The summed E-state index contributed by atoms with van der Waals surface area (Å²) in [7, 11) is 1.77. The van der Waals surface area contributed by atoms with Gasteiger partial charge in [0.2, 0.25) is 5.91 Å². The first-order valence-corrected chi connectivity index (χ1v) is 8.26. The molecule has 0 aromatic carbocycles. The SMILES string of the molecule is COC[C@H]1COCCC12CCN(C(=O)C1CC=CC1)CC2. The molecular weight excluding hydrogens is 266 g/mol. The van der Waals surface area contributed by atoms with Crippen molar-refractivity contribution in [3.63, 3.8) is 0 Å². The Morgan fingerprint density at radius 2 is 2.00 bits per heavy atom. The Morgan fingerprint density at radius 3 is 2.67 bits per heavy atom. The van der Waals surface area contributed by atoms with Gasteiger partial charge in [-0.15, -0.1) is 0 Å². The van der Waals surface area contributed by atoms with Crippen LogP contribution < -0.4 is 0 Å². The van der Waals surface area contributed by atoms with Gasteiger partial charge in [0, 0.05) is 38.6 Å². The van der Waals surface area contributed by atoms with Gasteiger partial charge in [0.1, 0.15) is 0 Å². The van der Waals surface area contributed by atoms with Crippen molar-refractivity contribution in [2.75, 3.05) is 40.0 Å². The Kier molecular flexibility index (Phi) is 4.65. The summed E-state index contributed by atoms with van der Waals surface area (Å²) in [6.45, 7) is 4.28. The van der Waals surface area contributed by atoms with Crippen LogP contribution in [-0.2, 0) is 14.3 Å². The number of likely N-dealkylation sites (tertiary alicyclic amines) is 1. The van der Waals surface area contributed by atoms with E-state index in [0.717, 1.165) is 65.0 Å². The number of methoxy groups -OCH3 is 1. The number of rotatable bonds is 3. The molecule has 4 nitrogen and oxygen atoms in total. The van der Waals surface area contributed by atoms with Crippen LogP contribution in [-0.4, -0.2) is 50.8 Å². The van der Waals surface area contributed by atoms with E-state index in [4.69, 9.17) is 9.47 Å². The maximum absolute atomic E-state index is 12.5. The highest BCUT2D eigenvalue weighted by Crippen LogP contribution is 2.45. The predicted octanol–water partition coefficient (Wildman–Crippen LogP) is 2.24. The van der Waals surface area contributed by atoms with Crippen LogP contribution in [0, 0.1) is 17.3 Å². The van der Waals surface area contributed by atoms with Crippen LogP contribution in [0.5, 0.6) is 0 Å². The lowest BCUT2D eigenvalue weighted by molar-refractivity contribution is -0.142. The summed E-state index contributed by atoms with van der Waals surface area (Å²) in [6.07, 6.45) is 9.48. The number of nitrogens with zero attached hydrogens (tertiary/aromatic N) is 1. The standard InChI is InChI=1S/C17H27NO3/c1-20-12-15-13-21-11-8-17(15)6-9-18(10-7-17)16(19)14-4-2-3-5-14/h2-3,14-15H,4-13H2,1H3/t15-/m0/s1. The van der Waals surface area contributed by atoms with E-state index in [2.05, 4.69) is 17.1 Å². The number of ether oxygens (including phenoxy) is 2. The minimum atomic E-state index is 0.212. The van der Waals surface area contributed by atoms with E-state index in [-0.39, 0.29) is 5.92 Å². The lowest BCUT2D eigenvalue weighted by atomic mass is 9.66. The molecule has 0 radical (unpaired) electrons. The summed E-state index contributed by atoms with van der Waals surface area (Å²) in [6, 6.07) is 0. The molecule has 2 saturated heterocycles. The zero-order chi connectivity index (χ0) is 14.7. The highest BCUT2D eigenvalue weighted by molar-refractivity contribution is 5.79. The number of carbonyl (C=O) groups excluding carboxylic acids is 1. The maximum Gasteiger partial charge on any atom is 0.226 e. The van der Waals surface area contributed by atoms with E-state index in [1.807, 2.05) is 0 Å². The van der Waals surface area contributed by atoms with Crippen molar-refractivity contribution < 1.29 is 14.3 Å². The molecule has 0 aromatic rings. The summed E-state index contributed by atoms with van der Waals surface area (Å²) in [5, 5.41) is 0. The van der Waals surface area contributed by atoms with Gasteiger partial charge in [0.15, 0.2) is 0 Å². The molecule has 0 N–H and O–H groups in total. The molecule has 3 rings (SSSR count). The fourth-order valence-corrected chi connectivity index (χ4v) is 4.22. The van der Waals surface area contributed by atoms with Gasteiger partial charge in [0.05, 0.1) is 13.2 Å². The second-order valence-corrected chi connectivity index (χ2v) is 6.80. The van der Waals surface area contributed by atoms with Crippen LogP contribution >= 0.6 is 0 Å². The van der Waals surface area contributed by atoms with E-state index in [1.165, 1.54) is 0 Å². The number of hydrogen-bond acceptors (Lipinski definition) is 3. The Balaban J connectivity index is 1.59. The molecule has 1 atom stereocenters. The van der Waals surface area contributed by atoms with Gasteiger partial charge >= 0.3 is 0 Å². The first-order chi connectivity index (χ1) is 10.2. The molecule has 1 aliphatic carbocycles. The summed E-state index contributed by atoms with van der Waals surface area (Å²) in [5.41, 5.74) is 0.332. The number of amides is 1. The van der Waals surface area contributed by atoms with E-state index in [9.17, 15) is 4.79 Å². The van der Waals surface area contributed by atoms with Crippen molar-refractivity contribution in [3.05, 3.63) is 12.2 Å². The lowest BCUT2D eigenvalue weighted by Gasteiger charge is -2.49. The fourth-order valence-electron chi connectivity index (χ4n) is 4.22. The van der Waals surface area contributed by atoms with Gasteiger partial charge in [-0.05, 0) is 37.5 Å². The van der Waals surface area contributed by atoms with Gasteiger partial charge in [-0.25, -0.2) is 0 Å². The second kappa shape index (κ2) is 6.49. The first-order valence-electron chi connectivity index (χ1n) is 8.26. The molecule has 21 heavy (non-hydrogen) atoms. The van der Waals surface area contributed by atoms with Crippen molar-refractivity contribution in [1.29, 1.82) is 0 Å². The summed E-state index contributed by atoms with van der Waals surface area (Å²) >= 11 is 0. The Labute approximate surface area is 127 Å². The van der Waals surface area contributed by atoms with Crippen molar-refractivity contribution in [1.82, 2.24) is 4.90 Å². The monoisotopic (exact) mass is 293 g/mol. The molecule has 2 aliphatic heterocycles. The Bertz CT molecular complexity index is 389. The number of allylic oxidation sites excluding steroid dienone is 2. The average molecular weight is 293 g/mol. The predicted molar refractivity (Wildman–Crippen MR) is 80.9 cm³/mol. The fraction of sp³-hybridized carbons (Fsp3) is 0.824. The molecular formula is C17H27NO3. The normalized spacial score (nSPS) is 29.2. The molecule has 0 unspecified atom stereocenters. The molecule has 0 aromatic heterocycles. The van der Waals surface area contributed by atoms with Crippen LogP contribution in [0.3, 0.4) is 0 Å². The zero-order valence-electron chi connectivity index (χ0n) is 13.1. The van der Waals surface area contributed by atoms with Gasteiger partial charge in [-0.1, -0.05) is 12.2 Å². The van der Waals surface area contributed by atoms with Crippen LogP contribution in [0.4, 0.5) is 0 Å².